The van der Waals surface area contributed by atoms with Gasteiger partial charge in [0.05, 0.1) is 10.9 Å². The van der Waals surface area contributed by atoms with Crippen molar-refractivity contribution in [1.82, 2.24) is 4.31 Å². The van der Waals surface area contributed by atoms with E-state index in [4.69, 9.17) is 0 Å². The SMILES string of the molecule is C=C[C@H]1CC(=O)N(S(=O)(=O)c2ccc(C)cc2)[C@H]1C. The fourth-order valence-corrected chi connectivity index (χ4v) is 3.96. The Hall–Kier alpha value is -1.62. The molecule has 1 amide bonds. The Balaban J connectivity index is 2.42. The number of carbonyl (C=O) groups is 1. The highest BCUT2D eigenvalue weighted by atomic mass is 32.2. The highest BCUT2D eigenvalue weighted by Crippen LogP contribution is 2.31. The number of sulfonamides is 1. The van der Waals surface area contributed by atoms with E-state index >= 15 is 0 Å². The first-order chi connectivity index (χ1) is 8.87. The van der Waals surface area contributed by atoms with E-state index in [1.54, 1.807) is 25.1 Å². The van der Waals surface area contributed by atoms with Crippen LogP contribution in [0.1, 0.15) is 18.9 Å². The van der Waals surface area contributed by atoms with Crippen LogP contribution in [0, 0.1) is 12.8 Å². The van der Waals surface area contributed by atoms with Crippen LogP contribution in [0.15, 0.2) is 41.8 Å². The van der Waals surface area contributed by atoms with Crippen LogP contribution in [-0.4, -0.2) is 24.7 Å². The van der Waals surface area contributed by atoms with E-state index in [2.05, 4.69) is 6.58 Å². The second-order valence-electron chi connectivity index (χ2n) is 4.85. The van der Waals surface area contributed by atoms with Gasteiger partial charge in [0.2, 0.25) is 5.91 Å². The average molecular weight is 279 g/mol. The van der Waals surface area contributed by atoms with Crippen molar-refractivity contribution in [2.24, 2.45) is 5.92 Å². The Morgan fingerprint density at radius 1 is 1.32 bits per heavy atom. The van der Waals surface area contributed by atoms with Crippen molar-refractivity contribution < 1.29 is 13.2 Å². The topological polar surface area (TPSA) is 54.5 Å². The van der Waals surface area contributed by atoms with Gasteiger partial charge in [0, 0.05) is 12.3 Å². The molecule has 2 atom stereocenters. The van der Waals surface area contributed by atoms with Gasteiger partial charge in [-0.1, -0.05) is 23.8 Å². The lowest BCUT2D eigenvalue weighted by Gasteiger charge is -2.23. The van der Waals surface area contributed by atoms with Crippen molar-refractivity contribution in [2.75, 3.05) is 0 Å². The van der Waals surface area contributed by atoms with E-state index < -0.39 is 10.0 Å². The van der Waals surface area contributed by atoms with Crippen molar-refractivity contribution in [3.63, 3.8) is 0 Å². The third kappa shape index (κ3) is 2.30. The second-order valence-corrected chi connectivity index (χ2v) is 6.67. The Bertz CT molecular complexity index is 604. The first-order valence-electron chi connectivity index (χ1n) is 6.14. The van der Waals surface area contributed by atoms with Crippen LogP contribution in [0.3, 0.4) is 0 Å². The maximum atomic E-state index is 12.5. The van der Waals surface area contributed by atoms with Crippen molar-refractivity contribution in [3.8, 4) is 0 Å². The van der Waals surface area contributed by atoms with Gasteiger partial charge in [-0.3, -0.25) is 4.79 Å². The fourth-order valence-electron chi connectivity index (χ4n) is 2.32. The lowest BCUT2D eigenvalue weighted by Crippen LogP contribution is -2.38. The molecule has 0 spiro atoms. The number of hydrogen-bond acceptors (Lipinski definition) is 3. The third-order valence-corrected chi connectivity index (χ3v) is 5.45. The van der Waals surface area contributed by atoms with E-state index in [-0.39, 0.29) is 29.2 Å². The molecule has 19 heavy (non-hydrogen) atoms. The van der Waals surface area contributed by atoms with Gasteiger partial charge in [-0.2, -0.15) is 0 Å². The molecule has 1 aromatic carbocycles. The summed E-state index contributed by atoms with van der Waals surface area (Å²) in [4.78, 5) is 12.1. The van der Waals surface area contributed by atoms with Crippen LogP contribution in [0.2, 0.25) is 0 Å². The number of benzene rings is 1. The molecule has 1 heterocycles. The van der Waals surface area contributed by atoms with E-state index in [0.29, 0.717) is 0 Å². The van der Waals surface area contributed by atoms with Gasteiger partial charge in [-0.15, -0.1) is 6.58 Å². The molecule has 1 fully saturated rings. The summed E-state index contributed by atoms with van der Waals surface area (Å²) in [5.41, 5.74) is 0.976. The molecule has 0 unspecified atom stereocenters. The molecule has 102 valence electrons. The van der Waals surface area contributed by atoms with Gasteiger partial charge >= 0.3 is 0 Å². The van der Waals surface area contributed by atoms with Gasteiger partial charge in [0.15, 0.2) is 0 Å². The number of hydrogen-bond donors (Lipinski definition) is 0. The largest absolute Gasteiger partial charge is 0.274 e. The minimum Gasteiger partial charge on any atom is -0.274 e. The monoisotopic (exact) mass is 279 g/mol. The normalized spacial score (nSPS) is 23.7. The van der Waals surface area contributed by atoms with Crippen LogP contribution in [0.25, 0.3) is 0 Å². The zero-order valence-corrected chi connectivity index (χ0v) is 11.9. The molecule has 1 aliphatic heterocycles. The summed E-state index contributed by atoms with van der Waals surface area (Å²) in [6.07, 6.45) is 1.85. The van der Waals surface area contributed by atoms with Crippen LogP contribution < -0.4 is 0 Å². The van der Waals surface area contributed by atoms with E-state index in [1.807, 2.05) is 6.92 Å². The first kappa shape index (κ1) is 13.8. The summed E-state index contributed by atoms with van der Waals surface area (Å²) in [6, 6.07) is 6.14. The van der Waals surface area contributed by atoms with Crippen LogP contribution >= 0.6 is 0 Å². The third-order valence-electron chi connectivity index (χ3n) is 3.53. The maximum absolute atomic E-state index is 12.5. The minimum atomic E-state index is -3.76. The van der Waals surface area contributed by atoms with Crippen molar-refractivity contribution in [3.05, 3.63) is 42.5 Å². The minimum absolute atomic E-state index is 0.118. The van der Waals surface area contributed by atoms with Crippen molar-refractivity contribution in [1.29, 1.82) is 0 Å². The van der Waals surface area contributed by atoms with Crippen LogP contribution in [0.4, 0.5) is 0 Å². The number of aryl methyl sites for hydroxylation is 1. The summed E-state index contributed by atoms with van der Waals surface area (Å²) >= 11 is 0. The first-order valence-corrected chi connectivity index (χ1v) is 7.58. The molecule has 5 heteroatoms. The lowest BCUT2D eigenvalue weighted by atomic mass is 10.0. The smallest absolute Gasteiger partial charge is 0.266 e. The number of carbonyl (C=O) groups excluding carboxylic acids is 1. The highest BCUT2D eigenvalue weighted by Gasteiger charge is 2.42. The summed E-state index contributed by atoms with van der Waals surface area (Å²) in [6.45, 7) is 7.28. The maximum Gasteiger partial charge on any atom is 0.266 e. The molecule has 0 aliphatic carbocycles. The summed E-state index contributed by atoms with van der Waals surface area (Å²) < 4.78 is 26.0. The number of amides is 1. The zero-order valence-electron chi connectivity index (χ0n) is 11.0. The fraction of sp³-hybridized carbons (Fsp3) is 0.357. The average Bonchev–Trinajstić information content (AvgIpc) is 2.65. The summed E-state index contributed by atoms with van der Waals surface area (Å²) in [5.74, 6) is -0.481. The van der Waals surface area contributed by atoms with Gasteiger partial charge in [0.25, 0.3) is 10.0 Å². The molecule has 0 radical (unpaired) electrons. The zero-order chi connectivity index (χ0) is 14.2. The van der Waals surface area contributed by atoms with E-state index in [1.165, 1.54) is 12.1 Å². The molecule has 1 aromatic rings. The Morgan fingerprint density at radius 2 is 1.89 bits per heavy atom. The standard InChI is InChI=1S/C14H17NO3S/c1-4-12-9-14(16)15(11(12)3)19(17,18)13-7-5-10(2)6-8-13/h4-8,11-12H,1,9H2,2-3H3/t11-,12-/m0/s1. The predicted molar refractivity (Wildman–Crippen MR) is 73.0 cm³/mol. The molecule has 0 N–H and O–H groups in total. The predicted octanol–water partition coefficient (Wildman–Crippen LogP) is 2.11. The Morgan fingerprint density at radius 3 is 2.37 bits per heavy atom. The Labute approximate surface area is 113 Å². The molecule has 2 rings (SSSR count). The van der Waals surface area contributed by atoms with E-state index in [0.717, 1.165) is 9.87 Å². The van der Waals surface area contributed by atoms with E-state index in [9.17, 15) is 13.2 Å². The van der Waals surface area contributed by atoms with Gasteiger partial charge in [-0.25, -0.2) is 12.7 Å². The molecule has 0 aromatic heterocycles. The lowest BCUT2D eigenvalue weighted by molar-refractivity contribution is -0.124. The summed E-state index contributed by atoms with van der Waals surface area (Å²) in [7, 11) is -3.76. The summed E-state index contributed by atoms with van der Waals surface area (Å²) in [5, 5.41) is 0. The van der Waals surface area contributed by atoms with Crippen molar-refractivity contribution in [2.45, 2.75) is 31.2 Å². The number of rotatable bonds is 3. The van der Waals surface area contributed by atoms with Crippen LogP contribution in [0.5, 0.6) is 0 Å². The molecule has 0 saturated carbocycles. The Kier molecular flexibility index (Phi) is 3.49. The molecule has 1 aliphatic rings. The van der Waals surface area contributed by atoms with Gasteiger partial charge in [-0.05, 0) is 26.0 Å². The molecule has 1 saturated heterocycles. The molecule has 4 nitrogen and oxygen atoms in total. The quantitative estimate of drug-likeness (QED) is 0.796. The molecular weight excluding hydrogens is 262 g/mol. The van der Waals surface area contributed by atoms with Gasteiger partial charge in [0.1, 0.15) is 0 Å². The van der Waals surface area contributed by atoms with Gasteiger partial charge < -0.3 is 0 Å². The van der Waals surface area contributed by atoms with Crippen LogP contribution in [-0.2, 0) is 14.8 Å². The second kappa shape index (κ2) is 4.81. The molecule has 0 bridgehead atoms. The van der Waals surface area contributed by atoms with Crippen molar-refractivity contribution >= 4 is 15.9 Å². The number of nitrogens with zero attached hydrogens (tertiary/aromatic N) is 1. The molecular formula is C14H17NO3S. The highest BCUT2D eigenvalue weighted by molar-refractivity contribution is 7.89.